The summed E-state index contributed by atoms with van der Waals surface area (Å²) in [5.74, 6) is 0. The Hall–Kier alpha value is 1.49. The van der Waals surface area contributed by atoms with E-state index in [0.717, 1.165) is 8.58 Å². The molecule has 0 aromatic rings. The summed E-state index contributed by atoms with van der Waals surface area (Å²) in [6.45, 7) is 13.8. The maximum atomic E-state index is 2.30. The molecule has 0 fully saturated rings. The quantitative estimate of drug-likeness (QED) is 0.425. The van der Waals surface area contributed by atoms with Gasteiger partial charge in [-0.1, -0.05) is 41.5 Å². The molecule has 0 aliphatic carbocycles. The van der Waals surface area contributed by atoms with Gasteiger partial charge in [-0.2, -0.15) is 0 Å². The third-order valence-electron chi connectivity index (χ3n) is 0.750. The normalized spacial score (nSPS) is 11.5. The SMILES string of the molecule is CC(C)(C)PC(C)(C)C.Cl.[MgH2]. The second-order valence-electron chi connectivity index (χ2n) is 4.62. The van der Waals surface area contributed by atoms with E-state index in [2.05, 4.69) is 41.5 Å². The fourth-order valence-electron chi connectivity index (χ4n) is 1.12. The van der Waals surface area contributed by atoms with Crippen LogP contribution in [0.2, 0.25) is 0 Å². The Morgan fingerprint density at radius 1 is 0.727 bits per heavy atom. The van der Waals surface area contributed by atoms with Crippen LogP contribution in [0.4, 0.5) is 0 Å². The number of halogens is 1. The zero-order chi connectivity index (χ0) is 7.71. The monoisotopic (exact) mass is 208 g/mol. The lowest BCUT2D eigenvalue weighted by atomic mass is 10.2. The first kappa shape index (κ1) is 18.3. The zero-order valence-corrected chi connectivity index (χ0v) is 9.72. The molecule has 3 heteroatoms. The maximum Gasteiger partial charge on any atom is 0.316 e. The second kappa shape index (κ2) is 6.02. The summed E-state index contributed by atoms with van der Waals surface area (Å²) >= 11 is 0. The van der Waals surface area contributed by atoms with Crippen molar-refractivity contribution in [3.05, 3.63) is 0 Å². The smallest absolute Gasteiger partial charge is 0.147 e. The van der Waals surface area contributed by atoms with Gasteiger partial charge in [-0.15, -0.1) is 21.0 Å². The minimum Gasteiger partial charge on any atom is -0.147 e. The van der Waals surface area contributed by atoms with Gasteiger partial charge in [0.25, 0.3) is 0 Å². The van der Waals surface area contributed by atoms with E-state index in [9.17, 15) is 0 Å². The van der Waals surface area contributed by atoms with E-state index in [0.29, 0.717) is 10.3 Å². The summed E-state index contributed by atoms with van der Waals surface area (Å²) in [6.07, 6.45) is 0. The second-order valence-corrected chi connectivity index (χ2v) is 7.88. The molecule has 0 aromatic carbocycles. The van der Waals surface area contributed by atoms with Gasteiger partial charge in [-0.3, -0.25) is 0 Å². The van der Waals surface area contributed by atoms with Crippen LogP contribution >= 0.6 is 21.0 Å². The van der Waals surface area contributed by atoms with Gasteiger partial charge >= 0.3 is 23.1 Å². The molecule has 0 rings (SSSR count). The molecule has 0 heterocycles. The van der Waals surface area contributed by atoms with Gasteiger partial charge in [0.15, 0.2) is 0 Å². The molecule has 0 aliphatic heterocycles. The van der Waals surface area contributed by atoms with Crippen LogP contribution in [0.25, 0.3) is 0 Å². The fraction of sp³-hybridized carbons (Fsp3) is 1.00. The van der Waals surface area contributed by atoms with Crippen LogP contribution in [0.5, 0.6) is 0 Å². The van der Waals surface area contributed by atoms with Gasteiger partial charge in [0.2, 0.25) is 0 Å². The van der Waals surface area contributed by atoms with E-state index in [1.807, 2.05) is 0 Å². The molecule has 0 saturated heterocycles. The van der Waals surface area contributed by atoms with E-state index in [1.165, 1.54) is 0 Å². The first-order chi connectivity index (χ1) is 3.71. The Labute approximate surface area is 95.6 Å². The van der Waals surface area contributed by atoms with Gasteiger partial charge in [0.1, 0.15) is 0 Å². The molecular formula is C8H22ClMgP. The van der Waals surface area contributed by atoms with Crippen LogP contribution in [0.3, 0.4) is 0 Å². The molecule has 0 bridgehead atoms. The van der Waals surface area contributed by atoms with Crippen LogP contribution in [0.1, 0.15) is 41.5 Å². The molecule has 0 aliphatic rings. The average Bonchev–Trinajstić information content (AvgIpc) is 1.14. The molecule has 0 saturated carbocycles. The highest BCUT2D eigenvalue weighted by molar-refractivity contribution is 7.41. The summed E-state index contributed by atoms with van der Waals surface area (Å²) in [6, 6.07) is 0. The fourth-order valence-corrected chi connectivity index (χ4v) is 3.38. The summed E-state index contributed by atoms with van der Waals surface area (Å²) in [5, 5.41) is 1.02. The molecule has 0 amide bonds. The molecule has 0 nitrogen and oxygen atoms in total. The molecule has 0 N–H and O–H groups in total. The summed E-state index contributed by atoms with van der Waals surface area (Å²) in [5.41, 5.74) is 0. The predicted molar refractivity (Wildman–Crippen MR) is 63.6 cm³/mol. The first-order valence-electron chi connectivity index (χ1n) is 3.50. The molecule has 11 heavy (non-hydrogen) atoms. The van der Waals surface area contributed by atoms with E-state index in [1.54, 1.807) is 0 Å². The molecular weight excluding hydrogens is 187 g/mol. The standard InChI is InChI=1S/C8H19P.ClH.Mg.2H/c1-7(2,3)9-8(4,5)6;;;;/h9H,1-6H3;1H;;;. The molecule has 0 unspecified atom stereocenters. The number of hydrogen-bond donors (Lipinski definition) is 0. The van der Waals surface area contributed by atoms with Crippen molar-refractivity contribution < 1.29 is 0 Å². The maximum absolute atomic E-state index is 2.30. The van der Waals surface area contributed by atoms with Gasteiger partial charge in [0, 0.05) is 0 Å². The van der Waals surface area contributed by atoms with Crippen molar-refractivity contribution in [2.75, 3.05) is 0 Å². The number of rotatable bonds is 0. The largest absolute Gasteiger partial charge is 0.316 e. The van der Waals surface area contributed by atoms with E-state index >= 15 is 0 Å². The first-order valence-corrected chi connectivity index (χ1v) is 4.50. The average molecular weight is 209 g/mol. The van der Waals surface area contributed by atoms with Crippen LogP contribution in [0.15, 0.2) is 0 Å². The zero-order valence-electron chi connectivity index (χ0n) is 7.91. The lowest BCUT2D eigenvalue weighted by Crippen LogP contribution is -2.16. The van der Waals surface area contributed by atoms with Crippen molar-refractivity contribution in [3.8, 4) is 0 Å². The summed E-state index contributed by atoms with van der Waals surface area (Å²) in [4.78, 5) is 0. The lowest BCUT2D eigenvalue weighted by Gasteiger charge is -2.28. The van der Waals surface area contributed by atoms with Gasteiger partial charge in [-0.25, -0.2) is 0 Å². The van der Waals surface area contributed by atoms with Crippen molar-refractivity contribution in [2.45, 2.75) is 51.9 Å². The van der Waals surface area contributed by atoms with Crippen molar-refractivity contribution in [1.29, 1.82) is 0 Å². The Morgan fingerprint density at radius 3 is 0.909 bits per heavy atom. The van der Waals surface area contributed by atoms with E-state index < -0.39 is 0 Å². The summed E-state index contributed by atoms with van der Waals surface area (Å²) < 4.78 is 0. The Morgan fingerprint density at radius 2 is 0.909 bits per heavy atom. The molecule has 0 atom stereocenters. The van der Waals surface area contributed by atoms with E-state index in [4.69, 9.17) is 0 Å². The van der Waals surface area contributed by atoms with Crippen molar-refractivity contribution in [2.24, 2.45) is 0 Å². The number of hydrogen-bond acceptors (Lipinski definition) is 0. The third kappa shape index (κ3) is 18.4. The highest BCUT2D eigenvalue weighted by atomic mass is 35.5. The van der Waals surface area contributed by atoms with Crippen LogP contribution in [0, 0.1) is 0 Å². The van der Waals surface area contributed by atoms with Crippen molar-refractivity contribution >= 4 is 44.0 Å². The van der Waals surface area contributed by atoms with E-state index in [-0.39, 0.29) is 35.5 Å². The Kier molecular flexibility index (Phi) is 10.0. The van der Waals surface area contributed by atoms with Crippen molar-refractivity contribution in [1.82, 2.24) is 0 Å². The molecule has 0 radical (unpaired) electrons. The van der Waals surface area contributed by atoms with Gasteiger partial charge in [0.05, 0.1) is 0 Å². The van der Waals surface area contributed by atoms with Crippen molar-refractivity contribution in [3.63, 3.8) is 0 Å². The highest BCUT2D eigenvalue weighted by Crippen LogP contribution is 2.41. The molecule has 68 valence electrons. The minimum absolute atomic E-state index is 0. The molecule has 0 spiro atoms. The Bertz CT molecular complexity index is 79.2. The topological polar surface area (TPSA) is 0 Å². The van der Waals surface area contributed by atoms with Gasteiger partial charge in [-0.05, 0) is 10.3 Å². The van der Waals surface area contributed by atoms with Crippen LogP contribution in [-0.4, -0.2) is 33.4 Å². The van der Waals surface area contributed by atoms with Crippen LogP contribution < -0.4 is 0 Å². The predicted octanol–water partition coefficient (Wildman–Crippen LogP) is 2.77. The van der Waals surface area contributed by atoms with Gasteiger partial charge < -0.3 is 0 Å². The summed E-state index contributed by atoms with van der Waals surface area (Å²) in [7, 11) is 1.05. The third-order valence-corrected chi connectivity index (χ3v) is 2.25. The minimum atomic E-state index is 0. The molecule has 0 aromatic heterocycles. The Balaban J connectivity index is -0.000000320. The lowest BCUT2D eigenvalue weighted by molar-refractivity contribution is 0.725. The highest BCUT2D eigenvalue weighted by Gasteiger charge is 2.19. The van der Waals surface area contributed by atoms with Crippen LogP contribution in [-0.2, 0) is 0 Å².